The molecule has 6 nitrogen and oxygen atoms in total. The molecule has 120 valence electrons. The van der Waals surface area contributed by atoms with Crippen molar-refractivity contribution in [2.75, 3.05) is 19.6 Å². The molecule has 0 unspecified atom stereocenters. The zero-order valence-corrected chi connectivity index (χ0v) is 12.9. The third-order valence-electron chi connectivity index (χ3n) is 3.95. The van der Waals surface area contributed by atoms with Crippen LogP contribution in [0.5, 0.6) is 0 Å². The normalized spacial score (nSPS) is 14.0. The zero-order valence-electron chi connectivity index (χ0n) is 12.9. The van der Waals surface area contributed by atoms with Crippen molar-refractivity contribution in [3.63, 3.8) is 0 Å². The maximum absolute atomic E-state index is 12.1. The fourth-order valence-electron chi connectivity index (χ4n) is 2.67. The summed E-state index contributed by atoms with van der Waals surface area (Å²) in [6, 6.07) is 9.60. The van der Waals surface area contributed by atoms with Gasteiger partial charge in [-0.1, -0.05) is 18.2 Å². The van der Waals surface area contributed by atoms with Gasteiger partial charge in [0.15, 0.2) is 0 Å². The third-order valence-corrected chi connectivity index (χ3v) is 3.95. The predicted molar refractivity (Wildman–Crippen MR) is 86.3 cm³/mol. The molecule has 1 fully saturated rings. The highest BCUT2D eigenvalue weighted by Crippen LogP contribution is 2.09. The molecule has 3 rings (SSSR count). The molecule has 1 aromatic heterocycles. The van der Waals surface area contributed by atoms with Gasteiger partial charge in [0.05, 0.1) is 17.4 Å². The van der Waals surface area contributed by atoms with Crippen molar-refractivity contribution < 1.29 is 9.59 Å². The van der Waals surface area contributed by atoms with Crippen LogP contribution >= 0.6 is 0 Å². The lowest BCUT2D eigenvalue weighted by Crippen LogP contribution is -2.32. The molecule has 23 heavy (non-hydrogen) atoms. The summed E-state index contributed by atoms with van der Waals surface area (Å²) in [7, 11) is 0. The van der Waals surface area contributed by atoms with Gasteiger partial charge in [0.25, 0.3) is 5.91 Å². The maximum atomic E-state index is 12.1. The van der Waals surface area contributed by atoms with Gasteiger partial charge in [-0.05, 0) is 25.0 Å². The van der Waals surface area contributed by atoms with Gasteiger partial charge in [-0.25, -0.2) is 4.68 Å². The third kappa shape index (κ3) is 3.77. The van der Waals surface area contributed by atoms with Crippen LogP contribution in [-0.4, -0.2) is 46.1 Å². The molecule has 1 aromatic carbocycles. The molecule has 0 radical (unpaired) electrons. The Bertz CT molecular complexity index is 675. The number of rotatable bonds is 5. The van der Waals surface area contributed by atoms with Crippen LogP contribution in [-0.2, 0) is 4.79 Å². The Hall–Kier alpha value is -2.63. The molecule has 0 bridgehead atoms. The van der Waals surface area contributed by atoms with Crippen molar-refractivity contribution in [1.29, 1.82) is 0 Å². The smallest absolute Gasteiger partial charge is 0.254 e. The molecule has 2 aromatic rings. The Morgan fingerprint density at radius 3 is 2.61 bits per heavy atom. The number of likely N-dealkylation sites (tertiary alicyclic amines) is 1. The molecular formula is C17H20N4O2. The lowest BCUT2D eigenvalue weighted by molar-refractivity contribution is -0.129. The van der Waals surface area contributed by atoms with Crippen molar-refractivity contribution in [2.45, 2.75) is 19.3 Å². The van der Waals surface area contributed by atoms with E-state index in [1.54, 1.807) is 10.9 Å². The van der Waals surface area contributed by atoms with E-state index in [1.165, 1.54) is 6.20 Å². The van der Waals surface area contributed by atoms with E-state index in [0.717, 1.165) is 31.6 Å². The molecule has 0 spiro atoms. The van der Waals surface area contributed by atoms with E-state index in [-0.39, 0.29) is 11.8 Å². The Balaban J connectivity index is 1.51. The molecule has 1 saturated heterocycles. The van der Waals surface area contributed by atoms with Gasteiger partial charge >= 0.3 is 0 Å². The van der Waals surface area contributed by atoms with Crippen LogP contribution in [0.1, 0.15) is 29.6 Å². The molecule has 2 amide bonds. The first-order valence-corrected chi connectivity index (χ1v) is 7.90. The lowest BCUT2D eigenvalue weighted by Gasteiger charge is -2.14. The number of carbonyl (C=O) groups excluding carboxylic acids is 2. The zero-order chi connectivity index (χ0) is 16.1. The van der Waals surface area contributed by atoms with Crippen LogP contribution < -0.4 is 5.32 Å². The molecule has 1 aliphatic rings. The fraction of sp³-hybridized carbons (Fsp3) is 0.353. The van der Waals surface area contributed by atoms with Gasteiger partial charge in [-0.2, -0.15) is 5.10 Å². The van der Waals surface area contributed by atoms with Gasteiger partial charge in [0.1, 0.15) is 0 Å². The minimum Gasteiger partial charge on any atom is -0.351 e. The van der Waals surface area contributed by atoms with Gasteiger partial charge < -0.3 is 10.2 Å². The number of hydrogen-bond donors (Lipinski definition) is 1. The summed E-state index contributed by atoms with van der Waals surface area (Å²) in [6.07, 6.45) is 5.73. The van der Waals surface area contributed by atoms with Crippen molar-refractivity contribution in [3.05, 3.63) is 48.3 Å². The van der Waals surface area contributed by atoms with Crippen molar-refractivity contribution in [2.24, 2.45) is 0 Å². The van der Waals surface area contributed by atoms with Gasteiger partial charge in [0, 0.05) is 32.3 Å². The van der Waals surface area contributed by atoms with E-state index in [2.05, 4.69) is 10.4 Å². The van der Waals surface area contributed by atoms with E-state index in [0.29, 0.717) is 18.5 Å². The number of carbonyl (C=O) groups is 2. The number of nitrogens with zero attached hydrogens (tertiary/aromatic N) is 3. The largest absolute Gasteiger partial charge is 0.351 e. The summed E-state index contributed by atoms with van der Waals surface area (Å²) in [5.41, 5.74) is 1.39. The number of hydrogen-bond acceptors (Lipinski definition) is 3. The van der Waals surface area contributed by atoms with Crippen LogP contribution in [0.4, 0.5) is 0 Å². The van der Waals surface area contributed by atoms with E-state index in [9.17, 15) is 9.59 Å². The molecular weight excluding hydrogens is 292 g/mol. The Labute approximate surface area is 135 Å². The molecule has 2 heterocycles. The first-order chi connectivity index (χ1) is 11.2. The fourth-order valence-corrected chi connectivity index (χ4v) is 2.67. The summed E-state index contributed by atoms with van der Waals surface area (Å²) in [4.78, 5) is 25.9. The minimum absolute atomic E-state index is 0.114. The minimum atomic E-state index is -0.207. The highest BCUT2D eigenvalue weighted by molar-refractivity contribution is 5.94. The second kappa shape index (κ2) is 7.09. The summed E-state index contributed by atoms with van der Waals surface area (Å²) in [5, 5.41) is 6.97. The Kier molecular flexibility index (Phi) is 4.71. The Morgan fingerprint density at radius 1 is 1.13 bits per heavy atom. The number of aromatic nitrogens is 2. The van der Waals surface area contributed by atoms with E-state index in [1.807, 2.05) is 35.2 Å². The second-order valence-electron chi connectivity index (χ2n) is 5.60. The number of nitrogens with one attached hydrogen (secondary N) is 1. The highest BCUT2D eigenvalue weighted by Gasteiger charge is 2.17. The quantitative estimate of drug-likeness (QED) is 0.912. The molecule has 1 aliphatic heterocycles. The number of para-hydroxylation sites is 1. The van der Waals surface area contributed by atoms with E-state index in [4.69, 9.17) is 0 Å². The number of benzene rings is 1. The predicted octanol–water partition coefficient (Wildman–Crippen LogP) is 1.61. The van der Waals surface area contributed by atoms with Gasteiger partial charge in [-0.3, -0.25) is 9.59 Å². The molecule has 6 heteroatoms. The number of amides is 2. The van der Waals surface area contributed by atoms with Crippen molar-refractivity contribution in [1.82, 2.24) is 20.0 Å². The van der Waals surface area contributed by atoms with Crippen LogP contribution in [0.2, 0.25) is 0 Å². The molecule has 0 aliphatic carbocycles. The first kappa shape index (κ1) is 15.3. The monoisotopic (exact) mass is 312 g/mol. The average Bonchev–Trinajstić information content (AvgIpc) is 3.27. The molecule has 0 saturated carbocycles. The second-order valence-corrected chi connectivity index (χ2v) is 5.60. The highest BCUT2D eigenvalue weighted by atomic mass is 16.2. The van der Waals surface area contributed by atoms with Crippen LogP contribution in [0.25, 0.3) is 5.69 Å². The summed E-state index contributed by atoms with van der Waals surface area (Å²) in [6.45, 7) is 2.04. The van der Waals surface area contributed by atoms with Gasteiger partial charge in [-0.15, -0.1) is 0 Å². The maximum Gasteiger partial charge on any atom is 0.254 e. The lowest BCUT2D eigenvalue weighted by atomic mass is 10.3. The van der Waals surface area contributed by atoms with Crippen LogP contribution in [0.3, 0.4) is 0 Å². The van der Waals surface area contributed by atoms with E-state index < -0.39 is 0 Å². The average molecular weight is 312 g/mol. The standard InChI is InChI=1S/C17H20N4O2/c22-16(20-10-4-5-11-20)8-9-18-17(23)14-12-19-21(13-14)15-6-2-1-3-7-15/h1-3,6-7,12-13H,4-5,8-11H2,(H,18,23). The van der Waals surface area contributed by atoms with Crippen LogP contribution in [0, 0.1) is 0 Å². The van der Waals surface area contributed by atoms with Gasteiger partial charge in [0.2, 0.25) is 5.91 Å². The first-order valence-electron chi connectivity index (χ1n) is 7.90. The SMILES string of the molecule is O=C(NCCC(=O)N1CCCC1)c1cnn(-c2ccccc2)c1. The van der Waals surface area contributed by atoms with Crippen LogP contribution in [0.15, 0.2) is 42.7 Å². The topological polar surface area (TPSA) is 67.2 Å². The van der Waals surface area contributed by atoms with Crippen molar-refractivity contribution >= 4 is 11.8 Å². The molecule has 0 atom stereocenters. The summed E-state index contributed by atoms with van der Waals surface area (Å²) < 4.78 is 1.66. The summed E-state index contributed by atoms with van der Waals surface area (Å²) >= 11 is 0. The van der Waals surface area contributed by atoms with Crippen molar-refractivity contribution in [3.8, 4) is 5.69 Å². The summed E-state index contributed by atoms with van der Waals surface area (Å²) in [5.74, 6) is -0.0933. The Morgan fingerprint density at radius 2 is 1.87 bits per heavy atom. The molecule has 1 N–H and O–H groups in total. The van der Waals surface area contributed by atoms with E-state index >= 15 is 0 Å².